The third kappa shape index (κ3) is 16.3. The maximum absolute atomic E-state index is 15.8. The molecular formula is C58H71F4N9O10S. The van der Waals surface area contributed by atoms with Gasteiger partial charge in [-0.05, 0) is 74.2 Å². The summed E-state index contributed by atoms with van der Waals surface area (Å²) in [5, 5.41) is 21.5. The molecule has 2 fully saturated rings. The van der Waals surface area contributed by atoms with Gasteiger partial charge in [0.2, 0.25) is 23.3 Å². The van der Waals surface area contributed by atoms with E-state index in [9.17, 15) is 47.0 Å². The highest BCUT2D eigenvalue weighted by molar-refractivity contribution is 7.13. The molecule has 2 aliphatic heterocycles. The quantitative estimate of drug-likeness (QED) is 0.0308. The number of aryl methyl sites for hydroxylation is 1. The number of aromatic nitrogens is 2. The minimum Gasteiger partial charge on any atom is -0.391 e. The molecule has 5 amide bonds. The first-order chi connectivity index (χ1) is 38.9. The van der Waals surface area contributed by atoms with Gasteiger partial charge in [0.1, 0.15) is 17.9 Å². The third-order valence-corrected chi connectivity index (χ3v) is 15.4. The summed E-state index contributed by atoms with van der Waals surface area (Å²) in [5.41, 5.74) is 1.62. The summed E-state index contributed by atoms with van der Waals surface area (Å²) in [6.07, 6.45) is -5.18. The molecule has 0 aliphatic carbocycles. The zero-order valence-electron chi connectivity index (χ0n) is 46.9. The van der Waals surface area contributed by atoms with Crippen molar-refractivity contribution in [3.05, 3.63) is 123 Å². The predicted molar refractivity (Wildman–Crippen MR) is 302 cm³/mol. The molecule has 19 nitrogen and oxygen atoms in total. The van der Waals surface area contributed by atoms with Crippen molar-refractivity contribution in [2.24, 2.45) is 5.41 Å². The molecule has 24 heteroatoms. The number of ether oxygens (including phenoxy) is 3. The highest BCUT2D eigenvalue weighted by Gasteiger charge is 2.44. The molecule has 0 bridgehead atoms. The molecule has 442 valence electrons. The molecule has 0 radical (unpaired) electrons. The second-order valence-corrected chi connectivity index (χ2v) is 22.4. The van der Waals surface area contributed by atoms with Crippen LogP contribution in [0, 0.1) is 18.2 Å². The fourth-order valence-electron chi connectivity index (χ4n) is 9.71. The van der Waals surface area contributed by atoms with E-state index in [4.69, 9.17) is 14.2 Å². The predicted octanol–water partition coefficient (Wildman–Crippen LogP) is 6.39. The Morgan fingerprint density at radius 2 is 1.50 bits per heavy atom. The van der Waals surface area contributed by atoms with Gasteiger partial charge in [-0.25, -0.2) is 9.37 Å². The Morgan fingerprint density at radius 1 is 0.841 bits per heavy atom. The monoisotopic (exact) mass is 1160 g/mol. The van der Waals surface area contributed by atoms with Crippen LogP contribution in [0.25, 0.3) is 21.6 Å². The maximum Gasteiger partial charge on any atom is 0.417 e. The van der Waals surface area contributed by atoms with Crippen LogP contribution < -0.4 is 31.7 Å². The number of benzene rings is 3. The van der Waals surface area contributed by atoms with Crippen LogP contribution in [0.5, 0.6) is 0 Å². The first-order valence-corrected chi connectivity index (χ1v) is 27.9. The Labute approximate surface area is 477 Å². The van der Waals surface area contributed by atoms with Crippen molar-refractivity contribution in [2.75, 3.05) is 83.1 Å². The molecule has 5 atom stereocenters. The van der Waals surface area contributed by atoms with Crippen LogP contribution >= 0.6 is 11.3 Å². The molecule has 6 N–H and O–H groups in total. The van der Waals surface area contributed by atoms with Gasteiger partial charge in [-0.15, -0.1) is 11.3 Å². The van der Waals surface area contributed by atoms with Gasteiger partial charge in [0.05, 0.1) is 84.3 Å². The fraction of sp³-hybridized carbons (Fsp3) is 0.466. The normalized spacial score (nSPS) is 18.0. The number of likely N-dealkylation sites (tertiary alicyclic amines) is 1. The number of pyridine rings is 1. The van der Waals surface area contributed by atoms with Gasteiger partial charge in [-0.2, -0.15) is 13.2 Å². The number of anilines is 2. The largest absolute Gasteiger partial charge is 0.417 e. The lowest BCUT2D eigenvalue weighted by molar-refractivity contribution is -0.144. The average Bonchev–Trinajstić information content (AvgIpc) is 4.21. The number of carbonyl (C=O) groups excluding carboxylic acids is 5. The summed E-state index contributed by atoms with van der Waals surface area (Å²) >= 11 is 1.55. The molecule has 0 saturated carbocycles. The summed E-state index contributed by atoms with van der Waals surface area (Å²) < 4.78 is 74.3. The molecule has 2 aliphatic rings. The van der Waals surface area contributed by atoms with E-state index < -0.39 is 81.8 Å². The number of hydrogen-bond acceptors (Lipinski definition) is 14. The molecule has 5 aromatic rings. The van der Waals surface area contributed by atoms with Crippen LogP contribution in [0.15, 0.2) is 83.2 Å². The van der Waals surface area contributed by atoms with Crippen LogP contribution in [0.1, 0.15) is 85.0 Å². The highest BCUT2D eigenvalue weighted by Crippen LogP contribution is 2.37. The molecule has 0 spiro atoms. The molecular weight excluding hydrogens is 1090 g/mol. The van der Waals surface area contributed by atoms with Gasteiger partial charge < -0.3 is 55.4 Å². The fourth-order valence-corrected chi connectivity index (χ4v) is 10.5. The van der Waals surface area contributed by atoms with E-state index in [2.05, 4.69) is 36.1 Å². The van der Waals surface area contributed by atoms with E-state index in [1.807, 2.05) is 57.0 Å². The van der Waals surface area contributed by atoms with Crippen LogP contribution in [0.4, 0.5) is 28.9 Å². The first-order valence-electron chi connectivity index (χ1n) is 27.0. The van der Waals surface area contributed by atoms with E-state index in [-0.39, 0.29) is 107 Å². The Hall–Kier alpha value is -7.09. The topological polar surface area (TPSA) is 237 Å². The SMILES string of the molecule is Cc1ncsc1-c1ccc(CNC(=O)[C@@H]2C[C@@H](O)CN2C(=O)C(NC(=O)CCOCCOCCOCCNC(=O)c2ccc(-c3ccc(N4C[C@@H](C)N(C)[C@@H](C)C4)c(NC(=O)c4c[nH]c(=O)cc4C(F)(F)F)c3)c(F)c2)C(C)(C)C)cc1. The number of aromatic amines is 1. The summed E-state index contributed by atoms with van der Waals surface area (Å²) in [6.45, 7) is 13.6. The Morgan fingerprint density at radius 3 is 2.13 bits per heavy atom. The van der Waals surface area contributed by atoms with Gasteiger partial charge in [0, 0.05) is 81.0 Å². The number of aliphatic hydroxyl groups is 1. The van der Waals surface area contributed by atoms with E-state index in [1.165, 1.54) is 23.1 Å². The zero-order chi connectivity index (χ0) is 59.5. The third-order valence-electron chi connectivity index (χ3n) is 14.4. The number of carbonyl (C=O) groups is 5. The van der Waals surface area contributed by atoms with Crippen molar-refractivity contribution in [1.82, 2.24) is 35.7 Å². The van der Waals surface area contributed by atoms with Gasteiger partial charge >= 0.3 is 6.18 Å². The van der Waals surface area contributed by atoms with E-state index in [1.54, 1.807) is 49.8 Å². The number of halogens is 4. The first kappa shape index (κ1) is 62.5. The number of aliphatic hydroxyl groups excluding tert-OH is 1. The number of thiazole rings is 1. The lowest BCUT2D eigenvalue weighted by atomic mass is 9.85. The second-order valence-electron chi connectivity index (χ2n) is 21.6. The number of nitrogens with zero attached hydrogens (tertiary/aromatic N) is 4. The van der Waals surface area contributed by atoms with Crippen molar-refractivity contribution in [1.29, 1.82) is 0 Å². The molecule has 2 saturated heterocycles. The zero-order valence-corrected chi connectivity index (χ0v) is 47.7. The number of likely N-dealkylation sites (N-methyl/N-ethyl adjacent to an activating group) is 1. The minimum absolute atomic E-state index is 0.0166. The van der Waals surface area contributed by atoms with Gasteiger partial charge in [0.25, 0.3) is 11.8 Å². The van der Waals surface area contributed by atoms with Gasteiger partial charge in [-0.3, -0.25) is 33.7 Å². The van der Waals surface area contributed by atoms with Crippen molar-refractivity contribution >= 4 is 52.2 Å². The lowest BCUT2D eigenvalue weighted by Gasteiger charge is -2.44. The number of nitrogens with one attached hydrogen (secondary N) is 5. The van der Waals surface area contributed by atoms with Crippen LogP contribution in [-0.2, 0) is 41.3 Å². The number of rotatable bonds is 23. The van der Waals surface area contributed by atoms with Gasteiger partial charge in [-0.1, -0.05) is 57.2 Å². The Kier molecular flexibility index (Phi) is 21.2. The molecule has 4 heterocycles. The highest BCUT2D eigenvalue weighted by atomic mass is 32.1. The number of piperazine rings is 1. The Balaban J connectivity index is 0.807. The molecule has 1 unspecified atom stereocenters. The van der Waals surface area contributed by atoms with Gasteiger partial charge in [0.15, 0.2) is 0 Å². The summed E-state index contributed by atoms with van der Waals surface area (Å²) in [5.74, 6) is -3.78. The molecule has 7 rings (SSSR count). The minimum atomic E-state index is -5.00. The number of hydrogen-bond donors (Lipinski definition) is 6. The molecule has 2 aromatic heterocycles. The van der Waals surface area contributed by atoms with Crippen molar-refractivity contribution in [3.8, 4) is 21.6 Å². The molecule has 82 heavy (non-hydrogen) atoms. The van der Waals surface area contributed by atoms with Crippen LogP contribution in [-0.4, -0.2) is 158 Å². The summed E-state index contributed by atoms with van der Waals surface area (Å²) in [6, 6.07) is 14.9. The lowest BCUT2D eigenvalue weighted by Crippen LogP contribution is -2.57. The second kappa shape index (κ2) is 27.8. The van der Waals surface area contributed by atoms with E-state index in [0.717, 1.165) is 27.8 Å². The Bertz CT molecular complexity index is 3100. The summed E-state index contributed by atoms with van der Waals surface area (Å²) in [7, 11) is 1.98. The number of H-pyrrole nitrogens is 1. The molecule has 3 aromatic carbocycles. The van der Waals surface area contributed by atoms with Crippen LogP contribution in [0.3, 0.4) is 0 Å². The maximum atomic E-state index is 15.8. The van der Waals surface area contributed by atoms with Crippen molar-refractivity contribution in [3.63, 3.8) is 0 Å². The van der Waals surface area contributed by atoms with E-state index >= 15 is 4.39 Å². The van der Waals surface area contributed by atoms with Crippen molar-refractivity contribution < 1.29 is 60.9 Å². The average molecular weight is 1160 g/mol. The standard InChI is InChI=1S/C58H71F4N9O10S/c1-34-30-70(31-35(2)69(34)7)47-15-13-39(25-46(47)67-54(76)43-29-64-50(74)27-44(43)58(60,61)62)42-14-12-40(24-45(42)59)53(75)63-17-19-80-21-23-81-22-20-79-18-16-49(73)68-52(57(4,5)6)56(78)71-32-41(72)26-48(71)55(77)65-28-37-8-10-38(11-9-37)51-36(3)66-33-82-51/h8-15,24-25,27,29,33-35,41,48,52,72H,16-23,26,28,30-32H2,1-7H3,(H,63,75)(H,64,74)(H,65,77)(H,67,76)(H,68,73)/t34-,35+,41-,48+,52?/m1/s1. The van der Waals surface area contributed by atoms with E-state index in [0.29, 0.717) is 31.0 Å². The summed E-state index contributed by atoms with van der Waals surface area (Å²) in [4.78, 5) is 91.9. The number of alkyl halides is 3. The van der Waals surface area contributed by atoms with Crippen molar-refractivity contribution in [2.45, 2.75) is 97.4 Å². The smallest absolute Gasteiger partial charge is 0.391 e. The number of β-amino-alcohol motifs (C(OH)–C–C–N with tert-alkyl or cyclic N) is 1. The number of amides is 5. The van der Waals surface area contributed by atoms with Crippen LogP contribution in [0.2, 0.25) is 0 Å².